The van der Waals surface area contributed by atoms with Crippen LogP contribution in [0.2, 0.25) is 0 Å². The second kappa shape index (κ2) is 6.29. The van der Waals surface area contributed by atoms with Crippen molar-refractivity contribution in [3.63, 3.8) is 0 Å². The van der Waals surface area contributed by atoms with Gasteiger partial charge in [-0.1, -0.05) is 31.9 Å². The van der Waals surface area contributed by atoms with Gasteiger partial charge < -0.3 is 9.32 Å². The Morgan fingerprint density at radius 3 is 2.86 bits per heavy atom. The van der Waals surface area contributed by atoms with Crippen molar-refractivity contribution in [2.75, 3.05) is 0 Å². The molecule has 1 N–H and O–H groups in total. The number of nitrogens with one attached hydrogen (secondary N) is 1. The van der Waals surface area contributed by atoms with Gasteiger partial charge in [-0.2, -0.15) is 5.21 Å². The third-order valence-electron chi connectivity index (χ3n) is 4.24. The Morgan fingerprint density at radius 2 is 2.23 bits per heavy atom. The molecule has 0 aliphatic heterocycles. The smallest absolute Gasteiger partial charge is 0.290 e. The molecule has 0 atom stereocenters. The zero-order valence-corrected chi connectivity index (χ0v) is 13.0. The normalized spacial score (nSPS) is 15.6. The largest absolute Gasteiger partial charge is 0.459 e. The molecule has 1 amide bonds. The van der Waals surface area contributed by atoms with Crippen molar-refractivity contribution in [1.29, 1.82) is 0 Å². The van der Waals surface area contributed by atoms with Crippen LogP contribution < -0.4 is 0 Å². The maximum atomic E-state index is 13.0. The second-order valence-corrected chi connectivity index (χ2v) is 6.06. The summed E-state index contributed by atoms with van der Waals surface area (Å²) in [6.07, 6.45) is 5.91. The number of aromatic amines is 1. The first-order valence-corrected chi connectivity index (χ1v) is 7.77. The molecule has 0 aromatic carbocycles. The number of furan rings is 1. The Hall–Kier alpha value is -2.18. The van der Waals surface area contributed by atoms with Crippen molar-refractivity contribution in [2.24, 2.45) is 0 Å². The highest BCUT2D eigenvalue weighted by Crippen LogP contribution is 2.28. The van der Waals surface area contributed by atoms with Crippen LogP contribution in [0.1, 0.15) is 67.4 Å². The molecule has 1 saturated carbocycles. The predicted octanol–water partition coefficient (Wildman–Crippen LogP) is 2.50. The third kappa shape index (κ3) is 2.88. The standard InChI is InChI=1S/C15H21N5O2/c1-10(2)12-7-8-22-14(12)15(21)20(11-5-3-4-6-11)9-13-16-18-19-17-13/h7-8,10-11H,3-6,9H2,1-2H3,(H,16,17,18,19). The summed E-state index contributed by atoms with van der Waals surface area (Å²) in [6, 6.07) is 2.09. The van der Waals surface area contributed by atoms with E-state index in [1.165, 1.54) is 0 Å². The lowest BCUT2D eigenvalue weighted by Crippen LogP contribution is -2.39. The molecular formula is C15H21N5O2. The summed E-state index contributed by atoms with van der Waals surface area (Å²) >= 11 is 0. The number of tetrazole rings is 1. The van der Waals surface area contributed by atoms with Gasteiger partial charge >= 0.3 is 0 Å². The second-order valence-electron chi connectivity index (χ2n) is 6.06. The highest BCUT2D eigenvalue weighted by atomic mass is 16.3. The maximum Gasteiger partial charge on any atom is 0.290 e. The van der Waals surface area contributed by atoms with Crippen molar-refractivity contribution in [1.82, 2.24) is 25.5 Å². The topological polar surface area (TPSA) is 87.9 Å². The van der Waals surface area contributed by atoms with Gasteiger partial charge in [-0.05, 0) is 24.8 Å². The number of carbonyl (C=O) groups excluding carboxylic acids is 1. The fourth-order valence-electron chi connectivity index (χ4n) is 3.06. The average Bonchev–Trinajstić information content (AvgIpc) is 3.24. The van der Waals surface area contributed by atoms with E-state index in [0.717, 1.165) is 31.2 Å². The molecule has 0 saturated heterocycles. The van der Waals surface area contributed by atoms with Crippen LogP contribution in [0.3, 0.4) is 0 Å². The van der Waals surface area contributed by atoms with Crippen molar-refractivity contribution in [3.8, 4) is 0 Å². The van der Waals surface area contributed by atoms with Gasteiger partial charge in [0, 0.05) is 11.6 Å². The number of H-pyrrole nitrogens is 1. The van der Waals surface area contributed by atoms with Gasteiger partial charge in [-0.3, -0.25) is 4.79 Å². The van der Waals surface area contributed by atoms with E-state index in [9.17, 15) is 4.79 Å². The molecule has 2 heterocycles. The number of nitrogens with zero attached hydrogens (tertiary/aromatic N) is 4. The van der Waals surface area contributed by atoms with E-state index >= 15 is 0 Å². The van der Waals surface area contributed by atoms with E-state index in [0.29, 0.717) is 18.1 Å². The number of hydrogen-bond donors (Lipinski definition) is 1. The van der Waals surface area contributed by atoms with Gasteiger partial charge in [0.2, 0.25) is 0 Å². The van der Waals surface area contributed by atoms with Crippen molar-refractivity contribution >= 4 is 5.91 Å². The molecule has 7 nitrogen and oxygen atoms in total. The Morgan fingerprint density at radius 1 is 1.45 bits per heavy atom. The molecule has 0 radical (unpaired) electrons. The van der Waals surface area contributed by atoms with Crippen molar-refractivity contribution in [3.05, 3.63) is 29.5 Å². The summed E-state index contributed by atoms with van der Waals surface area (Å²) in [4.78, 5) is 14.8. The van der Waals surface area contributed by atoms with Crippen LogP contribution in [0.4, 0.5) is 0 Å². The van der Waals surface area contributed by atoms with Crippen LogP contribution in [0.15, 0.2) is 16.7 Å². The minimum Gasteiger partial charge on any atom is -0.459 e. The van der Waals surface area contributed by atoms with Crippen molar-refractivity contribution < 1.29 is 9.21 Å². The molecule has 7 heteroatoms. The Bertz CT molecular complexity index is 614. The number of amides is 1. The molecule has 2 aromatic heterocycles. The summed E-state index contributed by atoms with van der Waals surface area (Å²) in [5, 5.41) is 14.0. The first-order chi connectivity index (χ1) is 10.7. The minimum absolute atomic E-state index is 0.0783. The van der Waals surface area contributed by atoms with E-state index in [4.69, 9.17) is 4.42 Å². The minimum atomic E-state index is -0.0783. The lowest BCUT2D eigenvalue weighted by atomic mass is 10.0. The molecule has 1 fully saturated rings. The predicted molar refractivity (Wildman–Crippen MR) is 79.1 cm³/mol. The monoisotopic (exact) mass is 303 g/mol. The summed E-state index contributed by atoms with van der Waals surface area (Å²) < 4.78 is 5.49. The molecule has 0 spiro atoms. The van der Waals surface area contributed by atoms with Crippen molar-refractivity contribution in [2.45, 2.75) is 58.0 Å². The summed E-state index contributed by atoms with van der Waals surface area (Å²) in [6.45, 7) is 4.47. The zero-order valence-electron chi connectivity index (χ0n) is 13.0. The van der Waals surface area contributed by atoms with E-state index in [2.05, 4.69) is 34.5 Å². The number of rotatable bonds is 5. The molecule has 0 unspecified atom stereocenters. The SMILES string of the molecule is CC(C)c1ccoc1C(=O)N(Cc1nn[nH]n1)C1CCCC1. The van der Waals surface area contributed by atoms with Gasteiger partial charge in [0.1, 0.15) is 0 Å². The van der Waals surface area contributed by atoms with Crippen LogP contribution in [0.5, 0.6) is 0 Å². The van der Waals surface area contributed by atoms with E-state index in [1.54, 1.807) is 6.26 Å². The highest BCUT2D eigenvalue weighted by Gasteiger charge is 2.31. The fourth-order valence-corrected chi connectivity index (χ4v) is 3.06. The Labute approximate surface area is 129 Å². The Balaban J connectivity index is 1.87. The highest BCUT2D eigenvalue weighted by molar-refractivity contribution is 5.93. The van der Waals surface area contributed by atoms with Crippen LogP contribution >= 0.6 is 0 Å². The number of hydrogen-bond acceptors (Lipinski definition) is 5. The molecule has 1 aliphatic carbocycles. The molecule has 22 heavy (non-hydrogen) atoms. The summed E-state index contributed by atoms with van der Waals surface area (Å²) in [5.74, 6) is 1.13. The Kier molecular flexibility index (Phi) is 4.22. The van der Waals surface area contributed by atoms with E-state index in [-0.39, 0.29) is 17.9 Å². The summed E-state index contributed by atoms with van der Waals surface area (Å²) in [7, 11) is 0. The van der Waals surface area contributed by atoms with Gasteiger partial charge in [0.15, 0.2) is 11.6 Å². The molecular weight excluding hydrogens is 282 g/mol. The zero-order chi connectivity index (χ0) is 15.5. The molecule has 2 aromatic rings. The quantitative estimate of drug-likeness (QED) is 0.916. The first kappa shape index (κ1) is 14.7. The third-order valence-corrected chi connectivity index (χ3v) is 4.24. The molecule has 118 valence electrons. The first-order valence-electron chi connectivity index (χ1n) is 7.77. The summed E-state index contributed by atoms with van der Waals surface area (Å²) in [5.41, 5.74) is 0.945. The number of aromatic nitrogens is 4. The average molecular weight is 303 g/mol. The molecule has 3 rings (SSSR count). The molecule has 1 aliphatic rings. The van der Waals surface area contributed by atoms with Gasteiger partial charge in [-0.25, -0.2) is 0 Å². The van der Waals surface area contributed by atoms with Crippen LogP contribution in [0, 0.1) is 0 Å². The van der Waals surface area contributed by atoms with Crippen LogP contribution in [-0.2, 0) is 6.54 Å². The lowest BCUT2D eigenvalue weighted by Gasteiger charge is -2.27. The van der Waals surface area contributed by atoms with E-state index < -0.39 is 0 Å². The van der Waals surface area contributed by atoms with Gasteiger partial charge in [0.25, 0.3) is 5.91 Å². The molecule has 0 bridgehead atoms. The van der Waals surface area contributed by atoms with E-state index in [1.807, 2.05) is 11.0 Å². The van der Waals surface area contributed by atoms with Crippen LogP contribution in [-0.4, -0.2) is 37.5 Å². The van der Waals surface area contributed by atoms with Gasteiger partial charge in [0.05, 0.1) is 12.8 Å². The number of carbonyl (C=O) groups is 1. The van der Waals surface area contributed by atoms with Gasteiger partial charge in [-0.15, -0.1) is 10.2 Å². The maximum absolute atomic E-state index is 13.0. The fraction of sp³-hybridized carbons (Fsp3) is 0.600. The van der Waals surface area contributed by atoms with Crippen LogP contribution in [0.25, 0.3) is 0 Å². The lowest BCUT2D eigenvalue weighted by molar-refractivity contribution is 0.0623.